The van der Waals surface area contributed by atoms with Crippen molar-refractivity contribution in [1.29, 1.82) is 0 Å². The van der Waals surface area contributed by atoms with Gasteiger partial charge in [0.1, 0.15) is 5.82 Å². The molecule has 5 rings (SSSR count). The van der Waals surface area contributed by atoms with Gasteiger partial charge in [0.05, 0.1) is 5.52 Å². The SMILES string of the molecule is CC(C)N1CCN(CCN2CCC(n3cc(-c4ccc(F)cc4)c4ccc(Cl)cc43)CC2)C1=O.Cl. The first kappa shape index (κ1) is 25.8. The lowest BCUT2D eigenvalue weighted by Crippen LogP contribution is -2.42. The second-order valence-corrected chi connectivity index (χ2v) is 10.2. The molecule has 2 fully saturated rings. The molecule has 35 heavy (non-hydrogen) atoms. The number of urea groups is 1. The van der Waals surface area contributed by atoms with Crippen molar-refractivity contribution >= 4 is 40.9 Å². The Hall–Kier alpha value is -2.28. The number of aromatic nitrogens is 1. The Morgan fingerprint density at radius 3 is 2.37 bits per heavy atom. The zero-order chi connectivity index (χ0) is 23.8. The third-order valence-corrected chi connectivity index (χ3v) is 7.57. The number of carbonyl (C=O) groups is 1. The van der Waals surface area contributed by atoms with Gasteiger partial charge in [-0.3, -0.25) is 0 Å². The number of benzene rings is 2. The normalized spacial score (nSPS) is 17.6. The fraction of sp³-hybridized carbons (Fsp3) is 0.444. The van der Waals surface area contributed by atoms with Crippen LogP contribution in [0.5, 0.6) is 0 Å². The lowest BCUT2D eigenvalue weighted by Gasteiger charge is -2.34. The Kier molecular flexibility index (Phi) is 7.94. The van der Waals surface area contributed by atoms with Crippen LogP contribution in [0, 0.1) is 5.82 Å². The smallest absolute Gasteiger partial charge is 0.320 e. The van der Waals surface area contributed by atoms with Crippen LogP contribution in [0.3, 0.4) is 0 Å². The molecule has 5 nitrogen and oxygen atoms in total. The molecule has 0 unspecified atom stereocenters. The number of piperidine rings is 1. The Morgan fingerprint density at radius 2 is 1.71 bits per heavy atom. The van der Waals surface area contributed by atoms with Gasteiger partial charge in [-0.15, -0.1) is 12.4 Å². The van der Waals surface area contributed by atoms with Gasteiger partial charge in [-0.1, -0.05) is 29.8 Å². The number of hydrogen-bond donors (Lipinski definition) is 0. The van der Waals surface area contributed by atoms with Crippen LogP contribution in [0.4, 0.5) is 9.18 Å². The van der Waals surface area contributed by atoms with Crippen LogP contribution in [-0.2, 0) is 0 Å². The van der Waals surface area contributed by atoms with Crippen molar-refractivity contribution in [3.8, 4) is 11.1 Å². The summed E-state index contributed by atoms with van der Waals surface area (Å²) in [7, 11) is 0. The Balaban J connectivity index is 0.00000289. The molecule has 2 aromatic carbocycles. The molecule has 3 aromatic rings. The molecule has 3 heterocycles. The molecule has 2 aliphatic rings. The van der Waals surface area contributed by atoms with E-state index in [2.05, 4.69) is 35.6 Å². The monoisotopic (exact) mass is 518 g/mol. The fourth-order valence-electron chi connectivity index (χ4n) is 5.36. The van der Waals surface area contributed by atoms with E-state index < -0.39 is 0 Å². The maximum atomic E-state index is 13.5. The Morgan fingerprint density at radius 1 is 1.00 bits per heavy atom. The predicted octanol–water partition coefficient (Wildman–Crippen LogP) is 6.31. The van der Waals surface area contributed by atoms with Crippen LogP contribution in [0.15, 0.2) is 48.7 Å². The molecule has 0 spiro atoms. The van der Waals surface area contributed by atoms with E-state index in [0.29, 0.717) is 6.04 Å². The number of amides is 2. The standard InChI is InChI=1S/C27H32ClFN4O.ClH/c1-19(2)32-16-15-31(27(32)34)14-13-30-11-9-23(10-12-30)33-18-25(20-3-6-22(29)7-4-20)24-8-5-21(28)17-26(24)33;/h3-8,17-19,23H,9-16H2,1-2H3;1H. The van der Waals surface area contributed by atoms with Gasteiger partial charge in [-0.05, 0) is 56.5 Å². The van der Waals surface area contributed by atoms with E-state index in [4.69, 9.17) is 11.6 Å². The molecule has 1 aromatic heterocycles. The van der Waals surface area contributed by atoms with Gasteiger partial charge in [0.15, 0.2) is 0 Å². The molecule has 2 aliphatic heterocycles. The Bertz CT molecular complexity index is 1170. The number of fused-ring (bicyclic) bond motifs is 1. The van der Waals surface area contributed by atoms with Gasteiger partial charge < -0.3 is 19.3 Å². The first-order chi connectivity index (χ1) is 16.4. The number of nitrogens with zero attached hydrogens (tertiary/aromatic N) is 4. The highest BCUT2D eigenvalue weighted by Crippen LogP contribution is 2.36. The van der Waals surface area contributed by atoms with E-state index in [1.54, 1.807) is 0 Å². The Labute approximate surface area is 217 Å². The van der Waals surface area contributed by atoms with Crippen LogP contribution in [-0.4, -0.2) is 70.6 Å². The van der Waals surface area contributed by atoms with Crippen molar-refractivity contribution < 1.29 is 9.18 Å². The molecule has 0 aliphatic carbocycles. The van der Waals surface area contributed by atoms with E-state index in [1.165, 1.54) is 12.1 Å². The quantitative estimate of drug-likeness (QED) is 0.383. The van der Waals surface area contributed by atoms with Crippen LogP contribution < -0.4 is 0 Å². The summed E-state index contributed by atoms with van der Waals surface area (Å²) in [6.45, 7) is 9.54. The summed E-state index contributed by atoms with van der Waals surface area (Å²) in [4.78, 5) is 19.0. The summed E-state index contributed by atoms with van der Waals surface area (Å²) in [5, 5.41) is 1.86. The van der Waals surface area contributed by atoms with Crippen molar-refractivity contribution in [3.05, 3.63) is 59.5 Å². The molecule has 188 valence electrons. The summed E-state index contributed by atoms with van der Waals surface area (Å²) in [6, 6.07) is 13.5. The third kappa shape index (κ3) is 5.30. The zero-order valence-electron chi connectivity index (χ0n) is 20.3. The largest absolute Gasteiger partial charge is 0.344 e. The second kappa shape index (κ2) is 10.8. The third-order valence-electron chi connectivity index (χ3n) is 7.34. The average Bonchev–Trinajstić information content (AvgIpc) is 3.39. The van der Waals surface area contributed by atoms with Crippen molar-refractivity contribution in [1.82, 2.24) is 19.3 Å². The van der Waals surface area contributed by atoms with E-state index >= 15 is 0 Å². The van der Waals surface area contributed by atoms with Gasteiger partial charge in [-0.25, -0.2) is 9.18 Å². The molecular formula is C27H33Cl2FN4O. The maximum absolute atomic E-state index is 13.5. The topological polar surface area (TPSA) is 31.7 Å². The number of carbonyl (C=O) groups excluding carboxylic acids is 1. The highest BCUT2D eigenvalue weighted by atomic mass is 35.5. The number of likely N-dealkylation sites (tertiary alicyclic amines) is 1. The van der Waals surface area contributed by atoms with Gasteiger partial charge in [-0.2, -0.15) is 0 Å². The van der Waals surface area contributed by atoms with E-state index in [9.17, 15) is 9.18 Å². The fourth-order valence-corrected chi connectivity index (χ4v) is 5.52. The molecule has 0 N–H and O–H groups in total. The first-order valence-electron chi connectivity index (χ1n) is 12.2. The minimum absolute atomic E-state index is 0. The molecule has 0 bridgehead atoms. The lowest BCUT2D eigenvalue weighted by atomic mass is 10.0. The summed E-state index contributed by atoms with van der Waals surface area (Å²) < 4.78 is 15.9. The molecule has 2 saturated heterocycles. The predicted molar refractivity (Wildman–Crippen MR) is 143 cm³/mol. The van der Waals surface area contributed by atoms with Crippen molar-refractivity contribution in [2.75, 3.05) is 39.3 Å². The number of halogens is 3. The van der Waals surface area contributed by atoms with Gasteiger partial charge in [0.25, 0.3) is 0 Å². The van der Waals surface area contributed by atoms with Crippen LogP contribution in [0.1, 0.15) is 32.7 Å². The second-order valence-electron chi connectivity index (χ2n) is 9.75. The lowest BCUT2D eigenvalue weighted by molar-refractivity contribution is 0.158. The molecule has 8 heteroatoms. The average molecular weight is 519 g/mol. The number of rotatable bonds is 6. The van der Waals surface area contributed by atoms with Crippen LogP contribution >= 0.6 is 24.0 Å². The minimum atomic E-state index is -0.226. The van der Waals surface area contributed by atoms with Crippen LogP contribution in [0.2, 0.25) is 5.02 Å². The van der Waals surface area contributed by atoms with Gasteiger partial charge in [0, 0.05) is 73.5 Å². The van der Waals surface area contributed by atoms with Crippen LogP contribution in [0.25, 0.3) is 22.0 Å². The molecule has 2 amide bonds. The van der Waals surface area contributed by atoms with E-state index in [-0.39, 0.29) is 30.3 Å². The minimum Gasteiger partial charge on any atom is -0.344 e. The summed E-state index contributed by atoms with van der Waals surface area (Å²) in [5.74, 6) is -0.226. The van der Waals surface area contributed by atoms with Crippen molar-refractivity contribution in [3.63, 3.8) is 0 Å². The van der Waals surface area contributed by atoms with E-state index in [1.807, 2.05) is 34.1 Å². The summed E-state index contributed by atoms with van der Waals surface area (Å²) >= 11 is 6.37. The zero-order valence-corrected chi connectivity index (χ0v) is 21.9. The molecule has 0 saturated carbocycles. The number of hydrogen-bond acceptors (Lipinski definition) is 2. The van der Waals surface area contributed by atoms with Gasteiger partial charge in [0.2, 0.25) is 0 Å². The first-order valence-corrected chi connectivity index (χ1v) is 12.6. The van der Waals surface area contributed by atoms with Crippen molar-refractivity contribution in [2.24, 2.45) is 0 Å². The maximum Gasteiger partial charge on any atom is 0.320 e. The van der Waals surface area contributed by atoms with E-state index in [0.717, 1.165) is 79.2 Å². The van der Waals surface area contributed by atoms with Crippen molar-refractivity contribution in [2.45, 2.75) is 38.8 Å². The molecule has 0 atom stereocenters. The summed E-state index contributed by atoms with van der Waals surface area (Å²) in [5.41, 5.74) is 3.24. The summed E-state index contributed by atoms with van der Waals surface area (Å²) in [6.07, 6.45) is 4.30. The highest BCUT2D eigenvalue weighted by Gasteiger charge is 2.30. The van der Waals surface area contributed by atoms with Gasteiger partial charge >= 0.3 is 6.03 Å². The molecule has 0 radical (unpaired) electrons. The highest BCUT2D eigenvalue weighted by molar-refractivity contribution is 6.31. The molecular weight excluding hydrogens is 486 g/mol.